The third-order valence-electron chi connectivity index (χ3n) is 1.99. The minimum Gasteiger partial charge on any atom is -0.463 e. The van der Waals surface area contributed by atoms with Gasteiger partial charge in [0.2, 0.25) is 11.5 Å². The van der Waals surface area contributed by atoms with Gasteiger partial charge in [-0.25, -0.2) is 4.79 Å². The number of methoxy groups -OCH3 is 1. The quantitative estimate of drug-likeness (QED) is 0.711. The van der Waals surface area contributed by atoms with Crippen LogP contribution in [0.3, 0.4) is 0 Å². The van der Waals surface area contributed by atoms with Gasteiger partial charge in [-0.1, -0.05) is 6.92 Å². The number of carbonyl (C=O) groups excluding carboxylic acids is 1. The summed E-state index contributed by atoms with van der Waals surface area (Å²) in [4.78, 5) is 11.3. The molecule has 5 nitrogen and oxygen atoms in total. The molecule has 1 rings (SSSR count). The van der Waals surface area contributed by atoms with Crippen molar-refractivity contribution >= 4 is 5.97 Å². The van der Waals surface area contributed by atoms with E-state index in [0.29, 0.717) is 6.42 Å². The fraction of sp³-hybridized carbons (Fsp3) is 0.700. The first-order chi connectivity index (χ1) is 6.91. The predicted octanol–water partition coefficient (Wildman–Crippen LogP) is 0.925. The predicted molar refractivity (Wildman–Crippen MR) is 51.6 cm³/mol. The van der Waals surface area contributed by atoms with Crippen LogP contribution in [0.2, 0.25) is 0 Å². The maximum absolute atomic E-state index is 11.3. The molecule has 0 bridgehead atoms. The molecule has 15 heavy (non-hydrogen) atoms. The Labute approximate surface area is 88.6 Å². The molecule has 0 fully saturated rings. The summed E-state index contributed by atoms with van der Waals surface area (Å²) < 4.78 is 15.1. The number of ether oxygens (including phenoxy) is 3. The number of aliphatic hydroxyl groups is 1. The number of carbonyl (C=O) groups is 1. The molecule has 1 atom stereocenters. The van der Waals surface area contributed by atoms with Gasteiger partial charge in [0.1, 0.15) is 6.10 Å². The molecule has 0 radical (unpaired) electrons. The Morgan fingerprint density at radius 1 is 1.53 bits per heavy atom. The largest absolute Gasteiger partial charge is 0.463 e. The highest BCUT2D eigenvalue weighted by Gasteiger charge is 2.40. The smallest absolute Gasteiger partial charge is 0.377 e. The van der Waals surface area contributed by atoms with Crippen LogP contribution < -0.4 is 0 Å². The van der Waals surface area contributed by atoms with Gasteiger partial charge in [-0.05, 0) is 6.42 Å². The molecule has 0 aromatic rings. The van der Waals surface area contributed by atoms with Crippen molar-refractivity contribution in [1.82, 2.24) is 0 Å². The van der Waals surface area contributed by atoms with Crippen molar-refractivity contribution in [3.8, 4) is 0 Å². The third kappa shape index (κ3) is 2.41. The maximum Gasteiger partial charge on any atom is 0.377 e. The molecule has 1 heterocycles. The lowest BCUT2D eigenvalue weighted by Gasteiger charge is -2.19. The Morgan fingerprint density at radius 2 is 2.13 bits per heavy atom. The average molecular weight is 216 g/mol. The normalized spacial score (nSPS) is 20.6. The lowest BCUT2D eigenvalue weighted by molar-refractivity contribution is -0.154. The summed E-state index contributed by atoms with van der Waals surface area (Å²) in [5, 5.41) is 9.63. The average Bonchev–Trinajstić information content (AvgIpc) is 2.52. The van der Waals surface area contributed by atoms with Gasteiger partial charge >= 0.3 is 5.97 Å². The molecule has 1 aliphatic rings. The number of esters is 1. The van der Waals surface area contributed by atoms with Gasteiger partial charge in [0.25, 0.3) is 0 Å². The molecular formula is C10H16O5. The highest BCUT2D eigenvalue weighted by molar-refractivity contribution is 5.87. The van der Waals surface area contributed by atoms with Crippen LogP contribution in [-0.2, 0) is 19.0 Å². The Kier molecular flexibility index (Phi) is 3.24. The zero-order valence-corrected chi connectivity index (χ0v) is 9.36. The van der Waals surface area contributed by atoms with Gasteiger partial charge in [0, 0.05) is 13.8 Å². The van der Waals surface area contributed by atoms with E-state index >= 15 is 0 Å². The zero-order valence-electron chi connectivity index (χ0n) is 9.36. The molecule has 1 unspecified atom stereocenters. The van der Waals surface area contributed by atoms with Crippen molar-refractivity contribution in [1.29, 1.82) is 0 Å². The molecule has 0 saturated heterocycles. The maximum atomic E-state index is 11.3. The van der Waals surface area contributed by atoms with E-state index < -0.39 is 17.9 Å². The molecule has 0 spiro atoms. The standard InChI is InChI=1S/C10H16O5/c1-5-6(11)7-8(9(12)13-4)15-10(2,3)14-7/h6,11H,5H2,1-4H3. The molecule has 86 valence electrons. The Bertz CT molecular complexity index is 292. The highest BCUT2D eigenvalue weighted by atomic mass is 16.7. The lowest BCUT2D eigenvalue weighted by atomic mass is 10.2. The Balaban J connectivity index is 2.97. The van der Waals surface area contributed by atoms with E-state index in [2.05, 4.69) is 4.74 Å². The molecule has 5 heteroatoms. The van der Waals surface area contributed by atoms with E-state index in [-0.39, 0.29) is 11.5 Å². The lowest BCUT2D eigenvalue weighted by Crippen LogP contribution is -2.23. The zero-order chi connectivity index (χ0) is 11.6. The van der Waals surface area contributed by atoms with Crippen molar-refractivity contribution in [3.05, 3.63) is 11.5 Å². The van der Waals surface area contributed by atoms with Crippen LogP contribution in [0.5, 0.6) is 0 Å². The van der Waals surface area contributed by atoms with E-state index in [1.165, 1.54) is 7.11 Å². The minimum atomic E-state index is -0.936. The first-order valence-corrected chi connectivity index (χ1v) is 4.80. The van der Waals surface area contributed by atoms with Crippen LogP contribution in [0.15, 0.2) is 11.5 Å². The third-order valence-corrected chi connectivity index (χ3v) is 1.99. The SMILES string of the molecule is CCC(O)C1=C(C(=O)OC)OC(C)(C)O1. The monoisotopic (exact) mass is 216 g/mol. The van der Waals surface area contributed by atoms with E-state index in [4.69, 9.17) is 9.47 Å². The Hall–Kier alpha value is -1.23. The van der Waals surface area contributed by atoms with Crippen molar-refractivity contribution in [2.24, 2.45) is 0 Å². The van der Waals surface area contributed by atoms with Crippen LogP contribution in [-0.4, -0.2) is 30.1 Å². The second-order valence-corrected chi connectivity index (χ2v) is 3.71. The van der Waals surface area contributed by atoms with Crippen LogP contribution >= 0.6 is 0 Å². The van der Waals surface area contributed by atoms with Crippen LogP contribution in [0, 0.1) is 0 Å². The molecular weight excluding hydrogens is 200 g/mol. The molecule has 1 aliphatic heterocycles. The molecule has 0 amide bonds. The Morgan fingerprint density at radius 3 is 2.60 bits per heavy atom. The number of hydrogen-bond acceptors (Lipinski definition) is 5. The second kappa shape index (κ2) is 4.10. The second-order valence-electron chi connectivity index (χ2n) is 3.71. The van der Waals surface area contributed by atoms with Crippen molar-refractivity contribution in [3.63, 3.8) is 0 Å². The van der Waals surface area contributed by atoms with Crippen molar-refractivity contribution in [2.75, 3.05) is 7.11 Å². The van der Waals surface area contributed by atoms with Crippen LogP contribution in [0.25, 0.3) is 0 Å². The first kappa shape index (κ1) is 11.8. The van der Waals surface area contributed by atoms with E-state index in [9.17, 15) is 9.90 Å². The summed E-state index contributed by atoms with van der Waals surface area (Å²) in [7, 11) is 1.25. The van der Waals surface area contributed by atoms with E-state index in [1.54, 1.807) is 20.8 Å². The van der Waals surface area contributed by atoms with Gasteiger partial charge in [-0.15, -0.1) is 0 Å². The topological polar surface area (TPSA) is 65.0 Å². The number of rotatable bonds is 3. The number of aliphatic hydroxyl groups excluding tert-OH is 1. The van der Waals surface area contributed by atoms with E-state index in [1.807, 2.05) is 0 Å². The molecule has 1 N–H and O–H groups in total. The van der Waals surface area contributed by atoms with Gasteiger partial charge in [-0.3, -0.25) is 0 Å². The molecule has 0 aromatic carbocycles. The molecule has 0 saturated carbocycles. The fourth-order valence-corrected chi connectivity index (χ4v) is 1.27. The minimum absolute atomic E-state index is 0.0446. The van der Waals surface area contributed by atoms with E-state index in [0.717, 1.165) is 0 Å². The summed E-state index contributed by atoms with van der Waals surface area (Å²) in [5.41, 5.74) is 0. The summed E-state index contributed by atoms with van der Waals surface area (Å²) in [6, 6.07) is 0. The highest BCUT2D eigenvalue weighted by Crippen LogP contribution is 2.33. The van der Waals surface area contributed by atoms with Crippen LogP contribution in [0.4, 0.5) is 0 Å². The first-order valence-electron chi connectivity index (χ1n) is 4.80. The van der Waals surface area contributed by atoms with Gasteiger partial charge in [0.15, 0.2) is 5.76 Å². The summed E-state index contributed by atoms with van der Waals surface area (Å²) in [6.45, 7) is 5.10. The van der Waals surface area contributed by atoms with Gasteiger partial charge in [0.05, 0.1) is 7.11 Å². The summed E-state index contributed by atoms with van der Waals surface area (Å²) in [6.07, 6.45) is -0.407. The van der Waals surface area contributed by atoms with Gasteiger partial charge in [-0.2, -0.15) is 0 Å². The van der Waals surface area contributed by atoms with Crippen molar-refractivity contribution in [2.45, 2.75) is 39.1 Å². The number of hydrogen-bond donors (Lipinski definition) is 1. The molecule has 0 aliphatic carbocycles. The van der Waals surface area contributed by atoms with Gasteiger partial charge < -0.3 is 19.3 Å². The summed E-state index contributed by atoms with van der Waals surface area (Å²) in [5.74, 6) is -1.47. The fourth-order valence-electron chi connectivity index (χ4n) is 1.27. The van der Waals surface area contributed by atoms with Crippen molar-refractivity contribution < 1.29 is 24.1 Å². The van der Waals surface area contributed by atoms with Crippen LogP contribution in [0.1, 0.15) is 27.2 Å². The summed E-state index contributed by atoms with van der Waals surface area (Å²) >= 11 is 0. The molecule has 0 aromatic heterocycles.